The van der Waals surface area contributed by atoms with Crippen molar-refractivity contribution in [3.63, 3.8) is 0 Å². The molecule has 4 nitrogen and oxygen atoms in total. The first-order chi connectivity index (χ1) is 9.11. The number of ether oxygens (including phenoxy) is 1. The number of anilines is 3. The fraction of sp³-hybridized carbons (Fsp3) is 0.0714. The van der Waals surface area contributed by atoms with Crippen LogP contribution in [0.2, 0.25) is 0 Å². The highest BCUT2D eigenvalue weighted by molar-refractivity contribution is 5.92. The van der Waals surface area contributed by atoms with Gasteiger partial charge in [-0.2, -0.15) is 0 Å². The summed E-state index contributed by atoms with van der Waals surface area (Å²) in [5.74, 6) is -0.873. The number of methoxy groups -OCH3 is 1. The van der Waals surface area contributed by atoms with Gasteiger partial charge in [0.05, 0.1) is 29.7 Å². The molecule has 5 heteroatoms. The van der Waals surface area contributed by atoms with Gasteiger partial charge in [0.2, 0.25) is 0 Å². The fourth-order valence-corrected chi connectivity index (χ4v) is 1.62. The molecule has 0 amide bonds. The van der Waals surface area contributed by atoms with E-state index in [2.05, 4.69) is 10.1 Å². The Morgan fingerprint density at radius 3 is 2.63 bits per heavy atom. The number of rotatable bonds is 3. The summed E-state index contributed by atoms with van der Waals surface area (Å²) >= 11 is 0. The first-order valence-electron chi connectivity index (χ1n) is 5.61. The Labute approximate surface area is 110 Å². The lowest BCUT2D eigenvalue weighted by Gasteiger charge is -2.11. The quantitative estimate of drug-likeness (QED) is 0.658. The van der Waals surface area contributed by atoms with Crippen molar-refractivity contribution in [3.8, 4) is 0 Å². The van der Waals surface area contributed by atoms with Crippen molar-refractivity contribution < 1.29 is 13.9 Å². The number of carbonyl (C=O) groups excluding carboxylic acids is 1. The Balaban J connectivity index is 2.34. The van der Waals surface area contributed by atoms with Crippen LogP contribution >= 0.6 is 0 Å². The van der Waals surface area contributed by atoms with Crippen LogP contribution in [-0.4, -0.2) is 13.1 Å². The van der Waals surface area contributed by atoms with Crippen molar-refractivity contribution in [3.05, 3.63) is 53.8 Å². The van der Waals surface area contributed by atoms with Crippen LogP contribution in [0, 0.1) is 5.82 Å². The minimum Gasteiger partial charge on any atom is -0.465 e. The van der Waals surface area contributed by atoms with Crippen molar-refractivity contribution in [1.29, 1.82) is 0 Å². The van der Waals surface area contributed by atoms with Gasteiger partial charge in [-0.15, -0.1) is 0 Å². The van der Waals surface area contributed by atoms with Crippen LogP contribution in [0.5, 0.6) is 0 Å². The number of nitrogen functional groups attached to an aromatic ring is 1. The summed E-state index contributed by atoms with van der Waals surface area (Å²) in [5.41, 5.74) is 7.29. The van der Waals surface area contributed by atoms with Gasteiger partial charge in [0.25, 0.3) is 0 Å². The molecule has 0 aliphatic carbocycles. The molecule has 0 atom stereocenters. The van der Waals surface area contributed by atoms with E-state index in [1.54, 1.807) is 30.3 Å². The highest BCUT2D eigenvalue weighted by Crippen LogP contribution is 2.26. The Morgan fingerprint density at radius 1 is 1.21 bits per heavy atom. The Bertz CT molecular complexity index is 614. The molecule has 2 rings (SSSR count). The van der Waals surface area contributed by atoms with Crippen molar-refractivity contribution >= 4 is 23.0 Å². The molecule has 0 aliphatic heterocycles. The number of esters is 1. The topological polar surface area (TPSA) is 64.3 Å². The molecule has 0 heterocycles. The number of carbonyl (C=O) groups is 1. The maximum atomic E-state index is 13.5. The van der Waals surface area contributed by atoms with Gasteiger partial charge in [-0.3, -0.25) is 0 Å². The van der Waals surface area contributed by atoms with E-state index in [4.69, 9.17) is 5.73 Å². The van der Waals surface area contributed by atoms with E-state index in [0.29, 0.717) is 16.9 Å². The van der Waals surface area contributed by atoms with Gasteiger partial charge < -0.3 is 15.8 Å². The molecule has 19 heavy (non-hydrogen) atoms. The zero-order chi connectivity index (χ0) is 13.8. The number of benzene rings is 2. The first kappa shape index (κ1) is 12.9. The van der Waals surface area contributed by atoms with Gasteiger partial charge in [0, 0.05) is 0 Å². The molecule has 0 bridgehead atoms. The highest BCUT2D eigenvalue weighted by atomic mass is 19.1. The van der Waals surface area contributed by atoms with Crippen molar-refractivity contribution in [2.24, 2.45) is 0 Å². The van der Waals surface area contributed by atoms with Gasteiger partial charge in [-0.1, -0.05) is 12.1 Å². The van der Waals surface area contributed by atoms with Crippen LogP contribution < -0.4 is 11.1 Å². The van der Waals surface area contributed by atoms with E-state index >= 15 is 0 Å². The Hall–Kier alpha value is -2.56. The van der Waals surface area contributed by atoms with Crippen LogP contribution in [0.3, 0.4) is 0 Å². The molecule has 2 aromatic carbocycles. The minimum absolute atomic E-state index is 0.288. The van der Waals surface area contributed by atoms with E-state index in [1.165, 1.54) is 19.2 Å². The predicted octanol–water partition coefficient (Wildman–Crippen LogP) is 2.94. The van der Waals surface area contributed by atoms with Gasteiger partial charge in [0.1, 0.15) is 5.82 Å². The number of nitrogens with two attached hydrogens (primary N) is 1. The molecule has 2 aromatic rings. The third-order valence-electron chi connectivity index (χ3n) is 2.62. The molecule has 0 fully saturated rings. The number of hydrogen-bond acceptors (Lipinski definition) is 4. The second kappa shape index (κ2) is 5.39. The normalized spacial score (nSPS) is 10.0. The molecule has 0 saturated carbocycles. The van der Waals surface area contributed by atoms with E-state index in [-0.39, 0.29) is 5.69 Å². The summed E-state index contributed by atoms with van der Waals surface area (Å²) in [7, 11) is 1.29. The van der Waals surface area contributed by atoms with Crippen molar-refractivity contribution in [1.82, 2.24) is 0 Å². The third-order valence-corrected chi connectivity index (χ3v) is 2.62. The molecule has 3 N–H and O–H groups in total. The monoisotopic (exact) mass is 260 g/mol. The first-order valence-corrected chi connectivity index (χ1v) is 5.61. The van der Waals surface area contributed by atoms with Crippen LogP contribution in [0.15, 0.2) is 42.5 Å². The fourth-order valence-electron chi connectivity index (χ4n) is 1.62. The van der Waals surface area contributed by atoms with E-state index in [9.17, 15) is 9.18 Å². The van der Waals surface area contributed by atoms with Crippen LogP contribution in [-0.2, 0) is 4.74 Å². The Morgan fingerprint density at radius 2 is 1.95 bits per heavy atom. The van der Waals surface area contributed by atoms with Crippen LogP contribution in [0.4, 0.5) is 21.5 Å². The smallest absolute Gasteiger partial charge is 0.337 e. The zero-order valence-corrected chi connectivity index (χ0v) is 10.3. The SMILES string of the molecule is COC(=O)c1ccc(N)c(Nc2ccccc2F)c1. The zero-order valence-electron chi connectivity index (χ0n) is 10.3. The second-order valence-corrected chi connectivity index (χ2v) is 3.90. The molecule has 0 spiro atoms. The summed E-state index contributed by atoms with van der Waals surface area (Å²) in [4.78, 5) is 11.4. The largest absolute Gasteiger partial charge is 0.465 e. The maximum absolute atomic E-state index is 13.5. The Kier molecular flexibility index (Phi) is 3.66. The van der Waals surface area contributed by atoms with Crippen LogP contribution in [0.1, 0.15) is 10.4 Å². The average molecular weight is 260 g/mol. The molecular formula is C14H13FN2O2. The van der Waals surface area contributed by atoms with Crippen molar-refractivity contribution in [2.75, 3.05) is 18.2 Å². The van der Waals surface area contributed by atoms with Crippen LogP contribution in [0.25, 0.3) is 0 Å². The van der Waals surface area contributed by atoms with Gasteiger partial charge >= 0.3 is 5.97 Å². The van der Waals surface area contributed by atoms with E-state index < -0.39 is 11.8 Å². The lowest BCUT2D eigenvalue weighted by molar-refractivity contribution is 0.0601. The maximum Gasteiger partial charge on any atom is 0.337 e. The molecule has 98 valence electrons. The summed E-state index contributed by atoms with van der Waals surface area (Å²) in [6, 6.07) is 10.8. The number of nitrogens with one attached hydrogen (secondary N) is 1. The van der Waals surface area contributed by atoms with Crippen molar-refractivity contribution in [2.45, 2.75) is 0 Å². The lowest BCUT2D eigenvalue weighted by Crippen LogP contribution is -2.04. The number of hydrogen-bond donors (Lipinski definition) is 2. The molecule has 0 aliphatic rings. The number of para-hydroxylation sites is 1. The molecule has 0 radical (unpaired) electrons. The standard InChI is InChI=1S/C14H13FN2O2/c1-19-14(18)9-6-7-11(16)13(8-9)17-12-5-3-2-4-10(12)15/h2-8,17H,16H2,1H3. The summed E-state index contributed by atoms with van der Waals surface area (Å²) in [5, 5.41) is 2.85. The average Bonchev–Trinajstić information content (AvgIpc) is 2.42. The highest BCUT2D eigenvalue weighted by Gasteiger charge is 2.09. The third kappa shape index (κ3) is 2.82. The molecular weight excluding hydrogens is 247 g/mol. The van der Waals surface area contributed by atoms with E-state index in [0.717, 1.165) is 0 Å². The van der Waals surface area contributed by atoms with Gasteiger partial charge in [-0.05, 0) is 30.3 Å². The molecule has 0 saturated heterocycles. The molecule has 0 unspecified atom stereocenters. The second-order valence-electron chi connectivity index (χ2n) is 3.90. The minimum atomic E-state index is -0.475. The molecule has 0 aromatic heterocycles. The predicted molar refractivity (Wildman–Crippen MR) is 71.9 cm³/mol. The summed E-state index contributed by atoms with van der Waals surface area (Å²) in [6.07, 6.45) is 0. The summed E-state index contributed by atoms with van der Waals surface area (Å²) < 4.78 is 18.2. The van der Waals surface area contributed by atoms with Gasteiger partial charge in [0.15, 0.2) is 0 Å². The lowest BCUT2D eigenvalue weighted by atomic mass is 10.1. The van der Waals surface area contributed by atoms with E-state index in [1.807, 2.05) is 0 Å². The number of halogens is 1. The summed E-state index contributed by atoms with van der Waals surface area (Å²) in [6.45, 7) is 0. The van der Waals surface area contributed by atoms with Gasteiger partial charge in [-0.25, -0.2) is 9.18 Å².